The standard InChI is InChI=1S/C16H26BrN3O/c1-4-9-20-14(13(17)12-18-20)15(21)16(5-2,6-3)19-10-7-8-11-19/h12H,4-11H2,1-3H3. The third-order valence-electron chi connectivity index (χ3n) is 4.75. The summed E-state index contributed by atoms with van der Waals surface area (Å²) in [5, 5.41) is 4.37. The number of carbonyl (C=O) groups is 1. The summed E-state index contributed by atoms with van der Waals surface area (Å²) in [6.45, 7) is 9.23. The molecule has 1 aliphatic heterocycles. The van der Waals surface area contributed by atoms with Crippen LogP contribution < -0.4 is 0 Å². The van der Waals surface area contributed by atoms with Crippen molar-refractivity contribution in [3.63, 3.8) is 0 Å². The number of carbonyl (C=O) groups excluding carboxylic acids is 1. The van der Waals surface area contributed by atoms with E-state index >= 15 is 0 Å². The van der Waals surface area contributed by atoms with Crippen molar-refractivity contribution in [2.24, 2.45) is 0 Å². The molecule has 0 N–H and O–H groups in total. The summed E-state index contributed by atoms with van der Waals surface area (Å²) in [5.41, 5.74) is 0.373. The molecular weight excluding hydrogens is 330 g/mol. The summed E-state index contributed by atoms with van der Waals surface area (Å²) in [6, 6.07) is 0. The monoisotopic (exact) mass is 355 g/mol. The Bertz CT molecular complexity index is 488. The molecule has 1 saturated heterocycles. The Morgan fingerprint density at radius 3 is 2.43 bits per heavy atom. The second kappa shape index (κ2) is 7.05. The van der Waals surface area contributed by atoms with Crippen LogP contribution in [0.2, 0.25) is 0 Å². The molecule has 0 aromatic carbocycles. The van der Waals surface area contributed by atoms with Gasteiger partial charge in [0.1, 0.15) is 5.69 Å². The van der Waals surface area contributed by atoms with Crippen LogP contribution in [-0.4, -0.2) is 39.1 Å². The van der Waals surface area contributed by atoms with Gasteiger partial charge < -0.3 is 0 Å². The normalized spacial score (nSPS) is 16.6. The fourth-order valence-electron chi connectivity index (χ4n) is 3.50. The molecule has 0 amide bonds. The Balaban J connectivity index is 2.41. The number of Topliss-reactive ketones (excluding diaryl/α,β-unsaturated/α-hetero) is 1. The van der Waals surface area contributed by atoms with Gasteiger partial charge in [0.25, 0.3) is 0 Å². The molecule has 0 spiro atoms. The van der Waals surface area contributed by atoms with Gasteiger partial charge in [0.05, 0.1) is 16.2 Å². The lowest BCUT2D eigenvalue weighted by Gasteiger charge is -2.39. The maximum Gasteiger partial charge on any atom is 0.202 e. The second-order valence-electron chi connectivity index (χ2n) is 5.83. The Hall–Kier alpha value is -0.680. The summed E-state index contributed by atoms with van der Waals surface area (Å²) < 4.78 is 2.69. The number of ketones is 1. The van der Waals surface area contributed by atoms with E-state index in [1.807, 2.05) is 4.68 Å². The molecule has 0 radical (unpaired) electrons. The van der Waals surface area contributed by atoms with Crippen molar-refractivity contribution >= 4 is 21.7 Å². The van der Waals surface area contributed by atoms with Gasteiger partial charge in [-0.3, -0.25) is 14.4 Å². The first-order chi connectivity index (χ1) is 10.1. The van der Waals surface area contributed by atoms with E-state index in [1.165, 1.54) is 12.8 Å². The molecule has 0 atom stereocenters. The Morgan fingerprint density at radius 2 is 1.90 bits per heavy atom. The van der Waals surface area contributed by atoms with Crippen molar-refractivity contribution in [2.45, 2.75) is 65.0 Å². The number of hydrogen-bond acceptors (Lipinski definition) is 3. The third-order valence-corrected chi connectivity index (χ3v) is 5.33. The van der Waals surface area contributed by atoms with Crippen molar-refractivity contribution in [3.8, 4) is 0 Å². The average molecular weight is 356 g/mol. The number of likely N-dealkylation sites (tertiary alicyclic amines) is 1. The van der Waals surface area contributed by atoms with E-state index in [-0.39, 0.29) is 11.3 Å². The van der Waals surface area contributed by atoms with Crippen LogP contribution in [0.1, 0.15) is 63.4 Å². The summed E-state index contributed by atoms with van der Waals surface area (Å²) in [5.74, 6) is 0.229. The summed E-state index contributed by atoms with van der Waals surface area (Å²) in [6.07, 6.45) is 6.83. The molecule has 0 unspecified atom stereocenters. The van der Waals surface area contributed by atoms with Crippen LogP contribution in [0.15, 0.2) is 10.7 Å². The summed E-state index contributed by atoms with van der Waals surface area (Å²) in [7, 11) is 0. The highest BCUT2D eigenvalue weighted by molar-refractivity contribution is 9.10. The molecule has 0 bridgehead atoms. The molecule has 2 rings (SSSR count). The number of nitrogens with zero attached hydrogens (tertiary/aromatic N) is 3. The summed E-state index contributed by atoms with van der Waals surface area (Å²) >= 11 is 3.52. The molecule has 0 aliphatic carbocycles. The maximum absolute atomic E-state index is 13.4. The lowest BCUT2D eigenvalue weighted by molar-refractivity contribution is 0.0568. The first-order valence-electron chi connectivity index (χ1n) is 8.11. The van der Waals surface area contributed by atoms with Crippen molar-refractivity contribution in [3.05, 3.63) is 16.4 Å². The molecule has 1 aliphatic rings. The average Bonchev–Trinajstić information content (AvgIpc) is 3.12. The van der Waals surface area contributed by atoms with Crippen LogP contribution >= 0.6 is 15.9 Å². The smallest absolute Gasteiger partial charge is 0.202 e. The van der Waals surface area contributed by atoms with Crippen LogP contribution in [0.5, 0.6) is 0 Å². The van der Waals surface area contributed by atoms with E-state index in [4.69, 9.17) is 0 Å². The van der Waals surface area contributed by atoms with Crippen LogP contribution in [0, 0.1) is 0 Å². The number of aromatic nitrogens is 2. The molecule has 21 heavy (non-hydrogen) atoms. The van der Waals surface area contributed by atoms with Gasteiger partial charge in [-0.05, 0) is 61.1 Å². The van der Waals surface area contributed by atoms with Gasteiger partial charge in [-0.1, -0.05) is 20.8 Å². The molecule has 5 heteroatoms. The zero-order chi connectivity index (χ0) is 15.5. The van der Waals surface area contributed by atoms with Crippen LogP contribution in [0.4, 0.5) is 0 Å². The Kier molecular flexibility index (Phi) is 5.60. The summed E-state index contributed by atoms with van der Waals surface area (Å²) in [4.78, 5) is 15.8. The molecular formula is C16H26BrN3O. The predicted molar refractivity (Wildman–Crippen MR) is 88.7 cm³/mol. The first kappa shape index (κ1) is 16.7. The van der Waals surface area contributed by atoms with Crippen LogP contribution in [0.3, 0.4) is 0 Å². The second-order valence-corrected chi connectivity index (χ2v) is 6.68. The number of rotatable bonds is 7. The zero-order valence-corrected chi connectivity index (χ0v) is 14.9. The third kappa shape index (κ3) is 2.95. The predicted octanol–water partition coefficient (Wildman–Crippen LogP) is 3.89. The van der Waals surface area contributed by atoms with Crippen LogP contribution in [-0.2, 0) is 6.54 Å². The molecule has 1 aromatic heterocycles. The van der Waals surface area contributed by atoms with Crippen molar-refractivity contribution in [1.82, 2.24) is 14.7 Å². The quantitative estimate of drug-likeness (QED) is 0.696. The van der Waals surface area contributed by atoms with Gasteiger partial charge in [0.2, 0.25) is 5.78 Å². The van der Waals surface area contributed by atoms with Crippen molar-refractivity contribution in [1.29, 1.82) is 0 Å². The maximum atomic E-state index is 13.4. The van der Waals surface area contributed by atoms with Gasteiger partial charge in [-0.2, -0.15) is 5.10 Å². The highest BCUT2D eigenvalue weighted by Gasteiger charge is 2.44. The molecule has 1 fully saturated rings. The van der Waals surface area contributed by atoms with Gasteiger partial charge >= 0.3 is 0 Å². The highest BCUT2D eigenvalue weighted by atomic mass is 79.9. The lowest BCUT2D eigenvalue weighted by Crippen LogP contribution is -2.53. The first-order valence-corrected chi connectivity index (χ1v) is 8.91. The minimum absolute atomic E-state index is 0.229. The minimum Gasteiger partial charge on any atom is -0.291 e. The Labute approximate surface area is 136 Å². The van der Waals surface area contributed by atoms with Crippen LogP contribution in [0.25, 0.3) is 0 Å². The van der Waals surface area contributed by atoms with Crippen molar-refractivity contribution < 1.29 is 4.79 Å². The van der Waals surface area contributed by atoms with Gasteiger partial charge in [-0.15, -0.1) is 0 Å². The molecule has 2 heterocycles. The topological polar surface area (TPSA) is 38.1 Å². The lowest BCUT2D eigenvalue weighted by atomic mass is 9.84. The molecule has 1 aromatic rings. The van der Waals surface area contributed by atoms with E-state index in [2.05, 4.69) is 46.7 Å². The van der Waals surface area contributed by atoms with E-state index in [0.29, 0.717) is 0 Å². The van der Waals surface area contributed by atoms with Crippen molar-refractivity contribution in [2.75, 3.05) is 13.1 Å². The van der Waals surface area contributed by atoms with E-state index in [0.717, 1.165) is 49.1 Å². The van der Waals surface area contributed by atoms with E-state index < -0.39 is 0 Å². The fraction of sp³-hybridized carbons (Fsp3) is 0.750. The highest BCUT2D eigenvalue weighted by Crippen LogP contribution is 2.33. The molecule has 118 valence electrons. The van der Waals surface area contributed by atoms with Gasteiger partial charge in [0, 0.05) is 6.54 Å². The zero-order valence-electron chi connectivity index (χ0n) is 13.4. The number of halogens is 1. The largest absolute Gasteiger partial charge is 0.291 e. The van der Waals surface area contributed by atoms with E-state index in [1.54, 1.807) is 6.20 Å². The number of hydrogen-bond donors (Lipinski definition) is 0. The Morgan fingerprint density at radius 1 is 1.29 bits per heavy atom. The van der Waals surface area contributed by atoms with E-state index in [9.17, 15) is 4.79 Å². The van der Waals surface area contributed by atoms with Gasteiger partial charge in [-0.25, -0.2) is 0 Å². The SMILES string of the molecule is CCCn1ncc(Br)c1C(=O)C(CC)(CC)N1CCCC1. The molecule has 4 nitrogen and oxygen atoms in total. The number of aryl methyl sites for hydroxylation is 1. The molecule has 0 saturated carbocycles. The fourth-order valence-corrected chi connectivity index (χ4v) is 3.97. The minimum atomic E-state index is -0.370. The van der Waals surface area contributed by atoms with Gasteiger partial charge in [0.15, 0.2) is 0 Å².